The lowest BCUT2D eigenvalue weighted by Gasteiger charge is -2.38. The van der Waals surface area contributed by atoms with E-state index in [1.807, 2.05) is 222 Å². The highest BCUT2D eigenvalue weighted by Crippen LogP contribution is 2.31. The molecule has 1 unspecified atom stereocenters. The number of piperazine rings is 3. The molecule has 0 spiro atoms. The smallest absolute Gasteiger partial charge is 0.266 e. The first-order valence-corrected chi connectivity index (χ1v) is 41.5. The molecule has 4 aliphatic heterocycles. The predicted molar refractivity (Wildman–Crippen MR) is 465 cm³/mol. The molecule has 0 bridgehead atoms. The minimum Gasteiger partial charge on any atom is -0.492 e. The first-order valence-electron chi connectivity index (χ1n) is 41.5. The predicted octanol–water partition coefficient (Wildman–Crippen LogP) is 10.8. The van der Waals surface area contributed by atoms with E-state index in [1.165, 1.54) is 0 Å². The average molecular weight is 1590 g/mol. The normalized spacial score (nSPS) is 16.0. The van der Waals surface area contributed by atoms with Crippen LogP contribution in [0.15, 0.2) is 213 Å². The van der Waals surface area contributed by atoms with Crippen molar-refractivity contribution < 1.29 is 24.1 Å². The molecule has 8 heterocycles. The number of likely N-dealkylation sites (N-methyl/N-ethyl adjacent to an activating group) is 3. The van der Waals surface area contributed by atoms with E-state index in [0.717, 1.165) is 169 Å². The van der Waals surface area contributed by atoms with Crippen LogP contribution in [-0.4, -0.2) is 247 Å². The molecule has 0 amide bonds. The third-order valence-electron chi connectivity index (χ3n) is 22.1. The first-order chi connectivity index (χ1) is 57.2. The van der Waals surface area contributed by atoms with Crippen LogP contribution in [0.25, 0.3) is 66.4 Å². The molecule has 4 fully saturated rings. The maximum atomic E-state index is 13.6. The summed E-state index contributed by atoms with van der Waals surface area (Å²) in [5.41, 5.74) is 5.65. The number of aliphatic hydroxyl groups excluding tert-OH is 1. The van der Waals surface area contributed by atoms with Gasteiger partial charge in [0.05, 0.1) is 125 Å². The Labute approximate surface area is 684 Å². The quantitative estimate of drug-likeness (QED) is 0.0629. The van der Waals surface area contributed by atoms with E-state index in [1.54, 1.807) is 18.3 Å². The van der Waals surface area contributed by atoms with Gasteiger partial charge < -0.3 is 38.8 Å². The van der Waals surface area contributed by atoms with Gasteiger partial charge in [-0.2, -0.15) is 0 Å². The summed E-state index contributed by atoms with van der Waals surface area (Å²) in [5, 5.41) is 11.7. The number of rotatable bonds is 23. The molecule has 16 rings (SSSR count). The molecule has 25 heteroatoms. The van der Waals surface area contributed by atoms with Crippen molar-refractivity contribution in [2.24, 2.45) is 0 Å². The van der Waals surface area contributed by atoms with Crippen molar-refractivity contribution >= 4 is 43.6 Å². The number of nitrogens with zero attached hydrogens (tertiary/aromatic N) is 16. The van der Waals surface area contributed by atoms with E-state index >= 15 is 0 Å². The van der Waals surface area contributed by atoms with Gasteiger partial charge in [-0.3, -0.25) is 61.9 Å². The second-order valence-electron chi connectivity index (χ2n) is 29.8. The van der Waals surface area contributed by atoms with Gasteiger partial charge in [-0.15, -0.1) is 0 Å². The minimum atomic E-state index is -0.0847. The van der Waals surface area contributed by atoms with E-state index in [9.17, 15) is 24.3 Å². The number of aliphatic hydroxyl groups is 1. The number of β-amino-alcohol motifs (C(OH)–C–C–N with tert-alkyl or cyclic N) is 1. The van der Waals surface area contributed by atoms with Gasteiger partial charge in [-0.1, -0.05) is 104 Å². The molecular formula is C92H112N16O9. The number of hydrogen-bond acceptors (Lipinski definition) is 21. The highest BCUT2D eigenvalue weighted by atomic mass is 16.5. The summed E-state index contributed by atoms with van der Waals surface area (Å²) in [6.45, 7) is 33.7. The lowest BCUT2D eigenvalue weighted by atomic mass is 10.1. The van der Waals surface area contributed by atoms with Crippen molar-refractivity contribution in [3.63, 3.8) is 0 Å². The summed E-state index contributed by atoms with van der Waals surface area (Å²) in [6.07, 6.45) is 1.11. The Morgan fingerprint density at radius 2 is 0.624 bits per heavy atom. The van der Waals surface area contributed by atoms with Crippen molar-refractivity contribution in [1.29, 1.82) is 0 Å². The number of hydrogen-bond donors (Lipinski definition) is 1. The van der Waals surface area contributed by atoms with Gasteiger partial charge in [0, 0.05) is 98.2 Å². The van der Waals surface area contributed by atoms with Gasteiger partial charge >= 0.3 is 0 Å². The second-order valence-corrected chi connectivity index (χ2v) is 29.8. The van der Waals surface area contributed by atoms with Gasteiger partial charge in [0.1, 0.15) is 46.3 Å². The molecule has 8 aromatic carbocycles. The Balaban J connectivity index is 0.000000136. The van der Waals surface area contributed by atoms with Crippen molar-refractivity contribution in [3.05, 3.63) is 259 Å². The number of ether oxygens (including phenoxy) is 4. The van der Waals surface area contributed by atoms with E-state index in [0.29, 0.717) is 114 Å². The third-order valence-corrected chi connectivity index (χ3v) is 22.1. The summed E-state index contributed by atoms with van der Waals surface area (Å²) in [7, 11) is 4.30. The first kappa shape index (κ1) is 84.1. The largest absolute Gasteiger partial charge is 0.492 e. The Kier molecular flexibility index (Phi) is 29.3. The molecule has 117 heavy (non-hydrogen) atoms. The van der Waals surface area contributed by atoms with Crippen molar-refractivity contribution in [1.82, 2.24) is 77.4 Å². The Morgan fingerprint density at radius 3 is 0.983 bits per heavy atom. The molecule has 25 nitrogen and oxygen atoms in total. The van der Waals surface area contributed by atoms with Gasteiger partial charge in [0.2, 0.25) is 0 Å². The number of para-hydroxylation sites is 12. The standard InChI is InChI=1S/C24H30N4O3.2C23H28N4O2.C22H26N4O2/c1-3-31-22-11-7-6-10-21(22)28-23(25-20-9-5-4-8-19(20)24(28)30)18(2)27-14-12-26(13-15-27)16-17-29;1-3-29-21-12-7-6-11-20(21)27-22(17-26-14-8-13-25(2)15-16-26)24-19-10-5-4-9-18(19)23(27)28;1-3-25-13-15-26(16-14-25)17-22-24-19-10-6-5-9-18(19)23(28)27(22)20-11-7-8-12-21(20)29-4-2;1-3-28-20-11-7-6-10-19(20)26-21(16-25-14-12-24(2)13-15-25)23-18-9-5-4-8-17(18)22(26)27/h4-11,18,29H,3,12-17H2,1-2H3;4-7,9-12H,3,8,13-17H2,1-2H3;5-12H,3-4,13-17H2,1-2H3;4-11H,3,12-16H2,1-2H3. The summed E-state index contributed by atoms with van der Waals surface area (Å²) < 4.78 is 30.2. The van der Waals surface area contributed by atoms with Crippen LogP contribution in [0.4, 0.5) is 0 Å². The van der Waals surface area contributed by atoms with Gasteiger partial charge in [-0.05, 0) is 172 Å². The Morgan fingerprint density at radius 1 is 0.333 bits per heavy atom. The maximum absolute atomic E-state index is 13.6. The van der Waals surface area contributed by atoms with Crippen LogP contribution in [0.1, 0.15) is 77.3 Å². The lowest BCUT2D eigenvalue weighted by molar-refractivity contribution is 0.0854. The van der Waals surface area contributed by atoms with Crippen molar-refractivity contribution in [2.45, 2.75) is 73.6 Å². The van der Waals surface area contributed by atoms with E-state index < -0.39 is 0 Å². The van der Waals surface area contributed by atoms with Crippen LogP contribution in [0, 0.1) is 0 Å². The van der Waals surface area contributed by atoms with E-state index in [4.69, 9.17) is 38.9 Å². The topological polar surface area (TPSA) is 223 Å². The maximum Gasteiger partial charge on any atom is 0.266 e. The number of aromatic nitrogens is 8. The van der Waals surface area contributed by atoms with Crippen LogP contribution >= 0.6 is 0 Å². The van der Waals surface area contributed by atoms with Gasteiger partial charge in [0.15, 0.2) is 0 Å². The molecule has 0 saturated carbocycles. The lowest BCUT2D eigenvalue weighted by Crippen LogP contribution is -2.48. The molecule has 4 aliphatic rings. The van der Waals surface area contributed by atoms with Crippen LogP contribution in [0.3, 0.4) is 0 Å². The van der Waals surface area contributed by atoms with Crippen LogP contribution in [0.5, 0.6) is 23.0 Å². The number of fused-ring (bicyclic) bond motifs is 4. The molecule has 1 N–H and O–H groups in total. The second kappa shape index (κ2) is 40.8. The fourth-order valence-electron chi connectivity index (χ4n) is 15.7. The van der Waals surface area contributed by atoms with Gasteiger partial charge in [-0.25, -0.2) is 19.9 Å². The molecular weight excluding hydrogens is 1470 g/mol. The SMILES string of the molecule is CCOc1ccccc1-n1c(C(C)N2CCN(CCO)CC2)nc2ccccc2c1=O.CCOc1ccccc1-n1c(CN2CCCN(C)CC2)nc2ccccc2c1=O.CCOc1ccccc1-n1c(CN2CCN(C)CC2)nc2ccccc2c1=O.CCOc1ccccc1-n1c(CN2CCN(CC)CC2)nc2ccccc2c1=O. The monoisotopic (exact) mass is 1580 g/mol. The Bertz CT molecular complexity index is 5560. The zero-order valence-electron chi connectivity index (χ0n) is 69.0. The van der Waals surface area contributed by atoms with E-state index in [-0.39, 0.29) is 34.9 Å². The fraction of sp³-hybridized carbons (Fsp3) is 0.391. The molecule has 4 aromatic heterocycles. The zero-order valence-corrected chi connectivity index (χ0v) is 69.0. The molecule has 0 aliphatic carbocycles. The fourth-order valence-corrected chi connectivity index (χ4v) is 15.7. The highest BCUT2D eigenvalue weighted by molar-refractivity contribution is 5.81. The summed E-state index contributed by atoms with van der Waals surface area (Å²) in [6, 6.07) is 60.9. The van der Waals surface area contributed by atoms with E-state index in [2.05, 4.69) is 67.1 Å². The Hall–Kier alpha value is -10.8. The van der Waals surface area contributed by atoms with Crippen LogP contribution < -0.4 is 41.2 Å². The van der Waals surface area contributed by atoms with Crippen molar-refractivity contribution in [2.75, 3.05) is 165 Å². The minimum absolute atomic E-state index is 0.0510. The zero-order chi connectivity index (χ0) is 81.7. The molecule has 12 aromatic rings. The van der Waals surface area contributed by atoms with Crippen molar-refractivity contribution in [3.8, 4) is 45.7 Å². The summed E-state index contributed by atoms with van der Waals surface area (Å²) in [4.78, 5) is 92.6. The van der Waals surface area contributed by atoms with Crippen LogP contribution in [0.2, 0.25) is 0 Å². The highest BCUT2D eigenvalue weighted by Gasteiger charge is 2.30. The number of benzene rings is 8. The molecule has 0 radical (unpaired) electrons. The molecule has 4 saturated heterocycles. The summed E-state index contributed by atoms with van der Waals surface area (Å²) >= 11 is 0. The third kappa shape index (κ3) is 20.2. The van der Waals surface area contributed by atoms with Crippen LogP contribution in [-0.2, 0) is 19.6 Å². The van der Waals surface area contributed by atoms with Gasteiger partial charge in [0.25, 0.3) is 22.2 Å². The summed E-state index contributed by atoms with van der Waals surface area (Å²) in [5.74, 6) is 5.74. The molecule has 614 valence electrons. The molecule has 1 atom stereocenters. The average Bonchev–Trinajstić information content (AvgIpc) is 0.809.